The fourth-order valence-electron chi connectivity index (χ4n) is 1.38. The molecule has 17 heavy (non-hydrogen) atoms. The Morgan fingerprint density at radius 3 is 2.82 bits per heavy atom. The van der Waals surface area contributed by atoms with Crippen LogP contribution in [-0.2, 0) is 0 Å². The fraction of sp³-hybridized carbons (Fsp3) is 0.308. The number of nitrogens with two attached hydrogens (primary N) is 1. The van der Waals surface area contributed by atoms with Crippen LogP contribution in [0.5, 0.6) is 0 Å². The number of hydrogen-bond donors (Lipinski definition) is 2. The van der Waals surface area contributed by atoms with Gasteiger partial charge in [0.1, 0.15) is 0 Å². The second-order valence-corrected chi connectivity index (χ2v) is 3.50. The van der Waals surface area contributed by atoms with Gasteiger partial charge in [-0.05, 0) is 12.1 Å². The van der Waals surface area contributed by atoms with Gasteiger partial charge in [0, 0.05) is 19.2 Å². The van der Waals surface area contributed by atoms with Gasteiger partial charge in [-0.25, -0.2) is 0 Å². The van der Waals surface area contributed by atoms with Crippen LogP contribution in [0.1, 0.15) is 15.9 Å². The molecule has 0 unspecified atom stereocenters. The predicted octanol–water partition coefficient (Wildman–Crippen LogP) is 0.0611. The zero-order valence-electron chi connectivity index (χ0n) is 9.81. The number of carbonyl (C=O) groups is 1. The molecule has 90 valence electrons. The van der Waals surface area contributed by atoms with Crippen molar-refractivity contribution in [2.45, 2.75) is 0 Å². The number of aliphatic hydroxyl groups excluding tert-OH is 1. The highest BCUT2D eigenvalue weighted by Crippen LogP contribution is 2.09. The third-order valence-electron chi connectivity index (χ3n) is 2.26. The molecular formula is C13H16N2O2. The summed E-state index contributed by atoms with van der Waals surface area (Å²) in [5, 5.41) is 8.80. The maximum atomic E-state index is 12.0. The summed E-state index contributed by atoms with van der Waals surface area (Å²) >= 11 is 0. The van der Waals surface area contributed by atoms with Gasteiger partial charge >= 0.3 is 0 Å². The number of amides is 1. The van der Waals surface area contributed by atoms with Gasteiger partial charge in [-0.2, -0.15) is 0 Å². The Balaban J connectivity index is 3.00. The highest BCUT2D eigenvalue weighted by atomic mass is 16.3. The van der Waals surface area contributed by atoms with E-state index in [2.05, 4.69) is 11.8 Å². The average Bonchev–Trinajstić information content (AvgIpc) is 2.36. The van der Waals surface area contributed by atoms with Crippen molar-refractivity contribution in [3.63, 3.8) is 0 Å². The average molecular weight is 232 g/mol. The van der Waals surface area contributed by atoms with Crippen molar-refractivity contribution in [1.82, 2.24) is 4.90 Å². The van der Waals surface area contributed by atoms with Crippen molar-refractivity contribution >= 4 is 5.91 Å². The molecule has 0 radical (unpaired) electrons. The highest BCUT2D eigenvalue weighted by Gasteiger charge is 2.13. The maximum Gasteiger partial charge on any atom is 0.254 e. The van der Waals surface area contributed by atoms with E-state index in [9.17, 15) is 4.79 Å². The van der Waals surface area contributed by atoms with Gasteiger partial charge in [0.25, 0.3) is 5.91 Å². The summed E-state index contributed by atoms with van der Waals surface area (Å²) in [6, 6.07) is 7.11. The van der Waals surface area contributed by atoms with E-state index >= 15 is 0 Å². The molecule has 1 rings (SSSR count). The number of nitrogens with zero attached hydrogens (tertiary/aromatic N) is 1. The quantitative estimate of drug-likeness (QED) is 0.724. The van der Waals surface area contributed by atoms with Gasteiger partial charge in [-0.1, -0.05) is 24.0 Å². The Labute approximate surface area is 101 Å². The molecule has 1 amide bonds. The zero-order valence-corrected chi connectivity index (χ0v) is 9.81. The molecule has 3 N–H and O–H groups in total. The molecule has 0 saturated carbocycles. The summed E-state index contributed by atoms with van der Waals surface area (Å²) in [4.78, 5) is 13.5. The van der Waals surface area contributed by atoms with E-state index in [4.69, 9.17) is 10.8 Å². The second-order valence-electron chi connectivity index (χ2n) is 3.50. The molecule has 0 aliphatic heterocycles. The number of hydrogen-bond acceptors (Lipinski definition) is 3. The van der Waals surface area contributed by atoms with Gasteiger partial charge in [-0.15, -0.1) is 0 Å². The number of carbonyl (C=O) groups excluding carboxylic acids is 1. The van der Waals surface area contributed by atoms with Crippen molar-refractivity contribution in [2.24, 2.45) is 5.73 Å². The minimum atomic E-state index is -0.152. The SMILES string of the molecule is CN(CCO)C(=O)c1ccccc1C#CCN. The lowest BCUT2D eigenvalue weighted by atomic mass is 10.1. The van der Waals surface area contributed by atoms with Gasteiger partial charge < -0.3 is 15.7 Å². The minimum absolute atomic E-state index is 0.0567. The summed E-state index contributed by atoms with van der Waals surface area (Å²) in [6.07, 6.45) is 0. The lowest BCUT2D eigenvalue weighted by Gasteiger charge is -2.16. The van der Waals surface area contributed by atoms with E-state index in [-0.39, 0.29) is 19.1 Å². The standard InChI is InChI=1S/C13H16N2O2/c1-15(9-10-16)13(17)12-7-3-2-5-11(12)6-4-8-14/h2-3,5,7,16H,8-10,14H2,1H3. The highest BCUT2D eigenvalue weighted by molar-refractivity contribution is 5.96. The minimum Gasteiger partial charge on any atom is -0.395 e. The maximum absolute atomic E-state index is 12.0. The van der Waals surface area contributed by atoms with Crippen molar-refractivity contribution < 1.29 is 9.90 Å². The van der Waals surface area contributed by atoms with Crippen LogP contribution in [0.4, 0.5) is 0 Å². The molecule has 0 aliphatic rings. The molecule has 4 heteroatoms. The third kappa shape index (κ3) is 3.59. The van der Waals surface area contributed by atoms with Gasteiger partial charge in [0.2, 0.25) is 0 Å². The lowest BCUT2D eigenvalue weighted by molar-refractivity contribution is 0.0766. The fourth-order valence-corrected chi connectivity index (χ4v) is 1.38. The van der Waals surface area contributed by atoms with E-state index in [0.29, 0.717) is 17.7 Å². The Morgan fingerprint density at radius 2 is 2.18 bits per heavy atom. The van der Waals surface area contributed by atoms with Crippen LogP contribution in [-0.4, -0.2) is 42.7 Å². The first-order valence-corrected chi connectivity index (χ1v) is 5.35. The van der Waals surface area contributed by atoms with Gasteiger partial charge in [0.05, 0.1) is 18.7 Å². The van der Waals surface area contributed by atoms with Crippen molar-refractivity contribution in [2.75, 3.05) is 26.7 Å². The van der Waals surface area contributed by atoms with Crippen LogP contribution in [0, 0.1) is 11.8 Å². The number of benzene rings is 1. The monoisotopic (exact) mass is 232 g/mol. The zero-order chi connectivity index (χ0) is 12.7. The van der Waals surface area contributed by atoms with Crippen LogP contribution in [0.3, 0.4) is 0 Å². The first-order valence-electron chi connectivity index (χ1n) is 5.35. The molecule has 0 bridgehead atoms. The van der Waals surface area contributed by atoms with E-state index in [1.54, 1.807) is 25.2 Å². The van der Waals surface area contributed by atoms with Crippen molar-refractivity contribution in [3.05, 3.63) is 35.4 Å². The number of aliphatic hydroxyl groups is 1. The predicted molar refractivity (Wildman–Crippen MR) is 66.4 cm³/mol. The molecule has 0 aliphatic carbocycles. The molecule has 0 saturated heterocycles. The first kappa shape index (κ1) is 13.2. The smallest absolute Gasteiger partial charge is 0.254 e. The molecule has 1 aromatic rings. The normalized spacial score (nSPS) is 9.35. The van der Waals surface area contributed by atoms with Crippen molar-refractivity contribution in [1.29, 1.82) is 0 Å². The van der Waals surface area contributed by atoms with Gasteiger partial charge in [-0.3, -0.25) is 4.79 Å². The van der Waals surface area contributed by atoms with Crippen LogP contribution >= 0.6 is 0 Å². The first-order chi connectivity index (χ1) is 8.20. The van der Waals surface area contributed by atoms with Crippen LogP contribution in [0.15, 0.2) is 24.3 Å². The number of rotatable bonds is 3. The van der Waals surface area contributed by atoms with E-state index in [0.717, 1.165) is 0 Å². The molecular weight excluding hydrogens is 216 g/mol. The molecule has 0 heterocycles. The Kier molecular flexibility index (Phi) is 5.21. The van der Waals surface area contributed by atoms with Crippen molar-refractivity contribution in [3.8, 4) is 11.8 Å². The molecule has 0 aromatic heterocycles. The van der Waals surface area contributed by atoms with E-state index in [1.165, 1.54) is 4.90 Å². The Bertz CT molecular complexity index is 446. The molecule has 4 nitrogen and oxygen atoms in total. The molecule has 1 aromatic carbocycles. The topological polar surface area (TPSA) is 66.6 Å². The molecule has 0 atom stereocenters. The van der Waals surface area contributed by atoms with E-state index < -0.39 is 0 Å². The number of likely N-dealkylation sites (N-methyl/N-ethyl adjacent to an activating group) is 1. The lowest BCUT2D eigenvalue weighted by Crippen LogP contribution is -2.30. The van der Waals surface area contributed by atoms with Crippen LogP contribution < -0.4 is 5.73 Å². The summed E-state index contributed by atoms with van der Waals surface area (Å²) < 4.78 is 0. The van der Waals surface area contributed by atoms with Gasteiger partial charge in [0.15, 0.2) is 0 Å². The third-order valence-corrected chi connectivity index (χ3v) is 2.26. The molecule has 0 spiro atoms. The summed E-state index contributed by atoms with van der Waals surface area (Å²) in [6.45, 7) is 0.505. The summed E-state index contributed by atoms with van der Waals surface area (Å²) in [5.41, 5.74) is 6.50. The second kappa shape index (κ2) is 6.69. The van der Waals surface area contributed by atoms with E-state index in [1.807, 2.05) is 6.07 Å². The van der Waals surface area contributed by atoms with Crippen LogP contribution in [0.2, 0.25) is 0 Å². The Morgan fingerprint density at radius 1 is 1.47 bits per heavy atom. The summed E-state index contributed by atoms with van der Waals surface area (Å²) in [5.74, 6) is 5.44. The molecule has 0 fully saturated rings. The summed E-state index contributed by atoms with van der Waals surface area (Å²) in [7, 11) is 1.64. The van der Waals surface area contributed by atoms with Crippen LogP contribution in [0.25, 0.3) is 0 Å². The largest absolute Gasteiger partial charge is 0.395 e. The Hall–Kier alpha value is -1.83.